The average Bonchev–Trinajstić information content (AvgIpc) is 2.74. The molecule has 0 aliphatic heterocycles. The Morgan fingerprint density at radius 3 is 1.22 bits per heavy atom. The Labute approximate surface area is 187 Å². The fourth-order valence-electron chi connectivity index (χ4n) is 3.10. The molecule has 0 saturated heterocycles. The van der Waals surface area contributed by atoms with Crippen molar-refractivity contribution in [3.63, 3.8) is 0 Å². The van der Waals surface area contributed by atoms with Crippen molar-refractivity contribution in [2.24, 2.45) is 0 Å². The summed E-state index contributed by atoms with van der Waals surface area (Å²) in [6.45, 7) is 0. The maximum Gasteiger partial charge on any atom is 0.311 e. The Morgan fingerprint density at radius 2 is 0.875 bits per heavy atom. The molecule has 0 fully saturated rings. The topological polar surface area (TPSA) is 134 Å². The minimum absolute atomic E-state index is 0.204. The van der Waals surface area contributed by atoms with Gasteiger partial charge in [0.05, 0.1) is 0 Å². The lowest BCUT2D eigenvalue weighted by molar-refractivity contribution is -0.135. The van der Waals surface area contributed by atoms with Gasteiger partial charge < -0.3 is 29.9 Å². The molecule has 0 bridgehead atoms. The number of ether oxygens (including phenoxy) is 2. The first kappa shape index (κ1) is 24.8. The fraction of sp³-hybridized carbons (Fsp3) is 0.417. The van der Waals surface area contributed by atoms with Gasteiger partial charge in [-0.25, -0.2) is 0 Å². The highest BCUT2D eigenvalue weighted by Crippen LogP contribution is 2.29. The zero-order chi connectivity index (χ0) is 23.3. The number of rotatable bonds is 13. The molecule has 8 nitrogen and oxygen atoms in total. The fourth-order valence-corrected chi connectivity index (χ4v) is 3.10. The number of phenols is 4. The second-order valence-corrected chi connectivity index (χ2v) is 7.58. The van der Waals surface area contributed by atoms with Crippen LogP contribution in [0.5, 0.6) is 34.5 Å². The first-order chi connectivity index (χ1) is 15.3. The summed E-state index contributed by atoms with van der Waals surface area (Å²) >= 11 is 0. The third kappa shape index (κ3) is 9.16. The number of carbonyl (C=O) groups is 2. The molecule has 0 amide bonds. The van der Waals surface area contributed by atoms with Crippen molar-refractivity contribution in [2.45, 2.75) is 64.2 Å². The summed E-state index contributed by atoms with van der Waals surface area (Å²) in [7, 11) is 0. The normalized spacial score (nSPS) is 10.6. The van der Waals surface area contributed by atoms with E-state index in [0.717, 1.165) is 51.4 Å². The Balaban J connectivity index is 1.44. The van der Waals surface area contributed by atoms with Crippen molar-refractivity contribution < 1.29 is 39.5 Å². The molecule has 2 aromatic carbocycles. The number of hydrogen-bond donors (Lipinski definition) is 4. The third-order valence-corrected chi connectivity index (χ3v) is 4.87. The summed E-state index contributed by atoms with van der Waals surface area (Å²) in [5, 5.41) is 37.3. The van der Waals surface area contributed by atoms with Crippen LogP contribution >= 0.6 is 0 Å². The van der Waals surface area contributed by atoms with Gasteiger partial charge in [0.15, 0.2) is 23.0 Å². The number of esters is 2. The van der Waals surface area contributed by atoms with Crippen LogP contribution in [0.25, 0.3) is 0 Å². The van der Waals surface area contributed by atoms with E-state index < -0.39 is 0 Å². The zero-order valence-electron chi connectivity index (χ0n) is 18.0. The van der Waals surface area contributed by atoms with E-state index in [0.29, 0.717) is 12.8 Å². The van der Waals surface area contributed by atoms with Gasteiger partial charge in [0, 0.05) is 25.0 Å². The lowest BCUT2D eigenvalue weighted by Crippen LogP contribution is -2.07. The maximum atomic E-state index is 11.8. The van der Waals surface area contributed by atoms with Crippen LogP contribution in [-0.4, -0.2) is 32.4 Å². The molecule has 0 aliphatic carbocycles. The minimum Gasteiger partial charge on any atom is -0.504 e. The number of hydrogen-bond acceptors (Lipinski definition) is 8. The Kier molecular flexibility index (Phi) is 10.2. The van der Waals surface area contributed by atoms with Crippen molar-refractivity contribution in [1.29, 1.82) is 0 Å². The quantitative estimate of drug-likeness (QED) is 0.147. The van der Waals surface area contributed by atoms with Gasteiger partial charge >= 0.3 is 11.9 Å². The SMILES string of the molecule is O=C(CCCCCCCCCCC(=O)Oc1ccc(O)c(O)c1)Oc1ccc(O)c(O)c1. The van der Waals surface area contributed by atoms with Crippen LogP contribution in [0.1, 0.15) is 64.2 Å². The van der Waals surface area contributed by atoms with Crippen molar-refractivity contribution >= 4 is 11.9 Å². The molecule has 0 radical (unpaired) electrons. The minimum atomic E-state index is -0.371. The second kappa shape index (κ2) is 13.1. The van der Waals surface area contributed by atoms with E-state index in [1.54, 1.807) is 0 Å². The highest BCUT2D eigenvalue weighted by molar-refractivity contribution is 5.73. The van der Waals surface area contributed by atoms with Crippen molar-refractivity contribution in [3.05, 3.63) is 36.4 Å². The standard InChI is InChI=1S/C24H30O8/c25-19-13-11-17(15-21(19)27)31-23(29)9-7-5-3-1-2-4-6-8-10-24(30)32-18-12-14-20(26)22(28)16-18/h11-16,25-28H,1-10H2. The summed E-state index contributed by atoms with van der Waals surface area (Å²) in [4.78, 5) is 23.6. The summed E-state index contributed by atoms with van der Waals surface area (Å²) in [6.07, 6.45) is 8.01. The summed E-state index contributed by atoms with van der Waals surface area (Å²) in [5.74, 6) is -1.52. The van der Waals surface area contributed by atoms with Gasteiger partial charge in [0.1, 0.15) is 11.5 Å². The van der Waals surface area contributed by atoms with E-state index in [4.69, 9.17) is 9.47 Å². The molecule has 0 unspecified atom stereocenters. The van der Waals surface area contributed by atoms with E-state index in [2.05, 4.69) is 0 Å². The van der Waals surface area contributed by atoms with E-state index in [1.807, 2.05) is 0 Å². The Morgan fingerprint density at radius 1 is 0.531 bits per heavy atom. The van der Waals surface area contributed by atoms with Crippen LogP contribution in [0, 0.1) is 0 Å². The summed E-state index contributed by atoms with van der Waals surface area (Å²) in [6, 6.07) is 7.77. The average molecular weight is 446 g/mol. The number of phenolic OH excluding ortho intramolecular Hbond substituents is 4. The molecule has 0 atom stereocenters. The van der Waals surface area contributed by atoms with Crippen molar-refractivity contribution in [2.75, 3.05) is 0 Å². The van der Waals surface area contributed by atoms with Crippen LogP contribution < -0.4 is 9.47 Å². The van der Waals surface area contributed by atoms with Crippen LogP contribution in [0.3, 0.4) is 0 Å². The number of unbranched alkanes of at least 4 members (excludes halogenated alkanes) is 7. The third-order valence-electron chi connectivity index (χ3n) is 4.87. The van der Waals surface area contributed by atoms with Gasteiger partial charge in [-0.1, -0.05) is 38.5 Å². The Hall–Kier alpha value is -3.42. The summed E-state index contributed by atoms with van der Waals surface area (Å²) in [5.41, 5.74) is 0. The molecule has 0 spiro atoms. The Bertz CT molecular complexity index is 820. The van der Waals surface area contributed by atoms with Gasteiger partial charge in [0.25, 0.3) is 0 Å². The monoisotopic (exact) mass is 446 g/mol. The molecule has 2 rings (SSSR count). The lowest BCUT2D eigenvalue weighted by atomic mass is 10.1. The molecule has 8 heteroatoms. The molecular formula is C24H30O8. The van der Waals surface area contributed by atoms with Gasteiger partial charge in [-0.2, -0.15) is 0 Å². The van der Waals surface area contributed by atoms with E-state index in [-0.39, 0.29) is 46.4 Å². The van der Waals surface area contributed by atoms with Crippen LogP contribution in [0.4, 0.5) is 0 Å². The lowest BCUT2D eigenvalue weighted by Gasteiger charge is -2.06. The predicted octanol–water partition coefficient (Wildman–Crippen LogP) is 4.92. The molecule has 0 saturated carbocycles. The van der Waals surface area contributed by atoms with Gasteiger partial charge in [0.2, 0.25) is 0 Å². The van der Waals surface area contributed by atoms with Gasteiger partial charge in [-0.05, 0) is 37.1 Å². The molecule has 4 N–H and O–H groups in total. The van der Waals surface area contributed by atoms with Crippen LogP contribution in [0.2, 0.25) is 0 Å². The molecule has 0 aliphatic rings. The molecule has 0 aromatic heterocycles. The van der Waals surface area contributed by atoms with Gasteiger partial charge in [-0.15, -0.1) is 0 Å². The van der Waals surface area contributed by atoms with E-state index >= 15 is 0 Å². The first-order valence-corrected chi connectivity index (χ1v) is 10.8. The van der Waals surface area contributed by atoms with Crippen molar-refractivity contribution in [1.82, 2.24) is 0 Å². The second-order valence-electron chi connectivity index (χ2n) is 7.58. The van der Waals surface area contributed by atoms with Crippen molar-refractivity contribution in [3.8, 4) is 34.5 Å². The molecule has 174 valence electrons. The predicted molar refractivity (Wildman–Crippen MR) is 117 cm³/mol. The van der Waals surface area contributed by atoms with E-state index in [1.165, 1.54) is 36.4 Å². The highest BCUT2D eigenvalue weighted by Gasteiger charge is 2.09. The smallest absolute Gasteiger partial charge is 0.311 e. The molecule has 0 heterocycles. The molecule has 2 aromatic rings. The number of carbonyl (C=O) groups excluding carboxylic acids is 2. The van der Waals surface area contributed by atoms with Gasteiger partial charge in [-0.3, -0.25) is 9.59 Å². The summed E-state index contributed by atoms with van der Waals surface area (Å²) < 4.78 is 10.2. The zero-order valence-corrected chi connectivity index (χ0v) is 18.0. The number of aromatic hydroxyl groups is 4. The number of benzene rings is 2. The highest BCUT2D eigenvalue weighted by atomic mass is 16.5. The molecular weight excluding hydrogens is 416 g/mol. The van der Waals surface area contributed by atoms with Crippen LogP contribution in [0.15, 0.2) is 36.4 Å². The van der Waals surface area contributed by atoms with E-state index in [9.17, 15) is 30.0 Å². The largest absolute Gasteiger partial charge is 0.504 e. The maximum absolute atomic E-state index is 11.8. The first-order valence-electron chi connectivity index (χ1n) is 10.8. The van der Waals surface area contributed by atoms with Crippen LogP contribution in [-0.2, 0) is 9.59 Å². The molecule has 32 heavy (non-hydrogen) atoms.